The Morgan fingerprint density at radius 3 is 3.13 bits per heavy atom. The fraction of sp³-hybridized carbons (Fsp3) is 0.417. The van der Waals surface area contributed by atoms with Crippen molar-refractivity contribution in [2.75, 3.05) is 6.61 Å². The Kier molecular flexibility index (Phi) is 2.90. The lowest BCUT2D eigenvalue weighted by Gasteiger charge is -2.24. The molecule has 0 spiro atoms. The van der Waals surface area contributed by atoms with Crippen LogP contribution in [0.3, 0.4) is 0 Å². The van der Waals surface area contributed by atoms with Gasteiger partial charge in [0.05, 0.1) is 6.61 Å². The monoisotopic (exact) mass is 206 g/mol. The minimum absolute atomic E-state index is 0.257. The third-order valence-corrected chi connectivity index (χ3v) is 2.47. The quantitative estimate of drug-likeness (QED) is 0.694. The Bertz CT molecular complexity index is 360. The lowest BCUT2D eigenvalue weighted by molar-refractivity contribution is -0.152. The molecule has 0 bridgehead atoms. The Hall–Kier alpha value is -1.51. The van der Waals surface area contributed by atoms with Gasteiger partial charge in [-0.15, -0.1) is 0 Å². The maximum atomic E-state index is 11.5. The van der Waals surface area contributed by atoms with E-state index in [0.717, 1.165) is 17.7 Å². The second kappa shape index (κ2) is 4.34. The summed E-state index contributed by atoms with van der Waals surface area (Å²) in [6, 6.07) is 7.80. The topological polar surface area (TPSA) is 35.5 Å². The molecule has 3 nitrogen and oxygen atoms in total. The van der Waals surface area contributed by atoms with E-state index in [-0.39, 0.29) is 5.97 Å². The van der Waals surface area contributed by atoms with Crippen molar-refractivity contribution in [3.63, 3.8) is 0 Å². The van der Waals surface area contributed by atoms with Gasteiger partial charge in [0.1, 0.15) is 5.75 Å². The summed E-state index contributed by atoms with van der Waals surface area (Å²) in [6.45, 7) is 2.20. The van der Waals surface area contributed by atoms with E-state index < -0.39 is 6.10 Å². The predicted octanol–water partition coefficient (Wildman–Crippen LogP) is 1.94. The van der Waals surface area contributed by atoms with Gasteiger partial charge in [-0.25, -0.2) is 4.79 Å². The minimum Gasteiger partial charge on any atom is -0.478 e. The van der Waals surface area contributed by atoms with Crippen LogP contribution in [0.15, 0.2) is 24.3 Å². The number of carbonyl (C=O) groups is 1. The number of aryl methyl sites for hydroxylation is 1. The molecule has 1 aliphatic rings. The first-order chi connectivity index (χ1) is 7.31. The first-order valence-electron chi connectivity index (χ1n) is 5.22. The average molecular weight is 206 g/mol. The minimum atomic E-state index is -0.431. The summed E-state index contributed by atoms with van der Waals surface area (Å²) >= 11 is 0. The van der Waals surface area contributed by atoms with Crippen LogP contribution in [0.5, 0.6) is 5.75 Å². The molecule has 1 aromatic rings. The Labute approximate surface area is 89.0 Å². The Balaban J connectivity index is 2.08. The van der Waals surface area contributed by atoms with Crippen molar-refractivity contribution in [3.05, 3.63) is 29.8 Å². The molecule has 0 N–H and O–H groups in total. The van der Waals surface area contributed by atoms with Gasteiger partial charge in [-0.05, 0) is 31.4 Å². The van der Waals surface area contributed by atoms with Crippen molar-refractivity contribution < 1.29 is 14.3 Å². The highest BCUT2D eigenvalue weighted by Crippen LogP contribution is 2.27. The summed E-state index contributed by atoms with van der Waals surface area (Å²) in [5, 5.41) is 0. The van der Waals surface area contributed by atoms with Crippen molar-refractivity contribution >= 4 is 5.97 Å². The fourth-order valence-corrected chi connectivity index (χ4v) is 1.73. The van der Waals surface area contributed by atoms with Crippen LogP contribution in [0.1, 0.15) is 18.9 Å². The summed E-state index contributed by atoms with van der Waals surface area (Å²) in [7, 11) is 0. The molecule has 0 unspecified atom stereocenters. The molecular weight excluding hydrogens is 192 g/mol. The summed E-state index contributed by atoms with van der Waals surface area (Å²) < 4.78 is 10.5. The van der Waals surface area contributed by atoms with E-state index in [4.69, 9.17) is 9.47 Å². The maximum absolute atomic E-state index is 11.5. The van der Waals surface area contributed by atoms with Crippen LogP contribution in [-0.2, 0) is 16.0 Å². The molecule has 3 heteroatoms. The second-order valence-electron chi connectivity index (χ2n) is 3.50. The molecule has 1 aromatic carbocycles. The molecule has 0 radical (unpaired) electrons. The highest BCUT2D eigenvalue weighted by molar-refractivity contribution is 5.75. The molecular formula is C12H14O3. The fourth-order valence-electron chi connectivity index (χ4n) is 1.73. The standard InChI is InChI=1S/C12H14O3/c1-2-14-12(13)11-8-7-9-5-3-4-6-10(9)15-11/h3-6,11H,2,7-8H2,1H3/t11-/m0/s1. The number of esters is 1. The molecule has 0 fully saturated rings. The number of hydrogen-bond acceptors (Lipinski definition) is 3. The van der Waals surface area contributed by atoms with Crippen LogP contribution >= 0.6 is 0 Å². The maximum Gasteiger partial charge on any atom is 0.347 e. The van der Waals surface area contributed by atoms with Gasteiger partial charge in [0, 0.05) is 0 Å². The molecule has 0 amide bonds. The van der Waals surface area contributed by atoms with Gasteiger partial charge in [0.25, 0.3) is 0 Å². The molecule has 2 rings (SSSR count). The number of hydrogen-bond donors (Lipinski definition) is 0. The van der Waals surface area contributed by atoms with Crippen molar-refractivity contribution in [3.8, 4) is 5.75 Å². The van der Waals surface area contributed by atoms with Crippen molar-refractivity contribution in [2.24, 2.45) is 0 Å². The predicted molar refractivity (Wildman–Crippen MR) is 55.8 cm³/mol. The van der Waals surface area contributed by atoms with Gasteiger partial charge in [-0.2, -0.15) is 0 Å². The SMILES string of the molecule is CCOC(=O)[C@@H]1CCc2ccccc2O1. The molecule has 0 aromatic heterocycles. The van der Waals surface area contributed by atoms with E-state index in [0.29, 0.717) is 13.0 Å². The summed E-state index contributed by atoms with van der Waals surface area (Å²) in [4.78, 5) is 11.5. The number of carbonyl (C=O) groups excluding carboxylic acids is 1. The van der Waals surface area contributed by atoms with Gasteiger partial charge in [-0.3, -0.25) is 0 Å². The highest BCUT2D eigenvalue weighted by Gasteiger charge is 2.26. The van der Waals surface area contributed by atoms with E-state index in [1.807, 2.05) is 24.3 Å². The van der Waals surface area contributed by atoms with Gasteiger partial charge in [0.2, 0.25) is 0 Å². The third kappa shape index (κ3) is 2.12. The molecule has 1 heterocycles. The van der Waals surface area contributed by atoms with Crippen LogP contribution in [0.2, 0.25) is 0 Å². The molecule has 1 atom stereocenters. The van der Waals surface area contributed by atoms with E-state index in [9.17, 15) is 4.79 Å². The molecule has 0 saturated heterocycles. The lowest BCUT2D eigenvalue weighted by Crippen LogP contribution is -2.32. The van der Waals surface area contributed by atoms with E-state index in [1.165, 1.54) is 0 Å². The zero-order valence-electron chi connectivity index (χ0n) is 8.73. The van der Waals surface area contributed by atoms with Crippen LogP contribution in [0.4, 0.5) is 0 Å². The first-order valence-corrected chi connectivity index (χ1v) is 5.22. The van der Waals surface area contributed by atoms with Crippen LogP contribution in [0.25, 0.3) is 0 Å². The van der Waals surface area contributed by atoms with Crippen molar-refractivity contribution in [2.45, 2.75) is 25.9 Å². The Morgan fingerprint density at radius 2 is 2.33 bits per heavy atom. The van der Waals surface area contributed by atoms with Gasteiger partial charge >= 0.3 is 5.97 Å². The van der Waals surface area contributed by atoms with Crippen LogP contribution in [0, 0.1) is 0 Å². The van der Waals surface area contributed by atoms with E-state index in [2.05, 4.69) is 0 Å². The van der Waals surface area contributed by atoms with Crippen molar-refractivity contribution in [1.29, 1.82) is 0 Å². The Morgan fingerprint density at radius 1 is 1.53 bits per heavy atom. The molecule has 80 valence electrons. The van der Waals surface area contributed by atoms with Gasteiger partial charge in [-0.1, -0.05) is 18.2 Å². The van der Waals surface area contributed by atoms with Gasteiger partial charge in [0.15, 0.2) is 6.10 Å². The largest absolute Gasteiger partial charge is 0.478 e. The zero-order valence-corrected chi connectivity index (χ0v) is 8.73. The van der Waals surface area contributed by atoms with Crippen LogP contribution < -0.4 is 4.74 Å². The molecule has 0 aliphatic carbocycles. The summed E-state index contributed by atoms with van der Waals surface area (Å²) in [6.07, 6.45) is 1.15. The molecule has 1 aliphatic heterocycles. The lowest BCUT2D eigenvalue weighted by atomic mass is 10.0. The number of ether oxygens (including phenoxy) is 2. The smallest absolute Gasteiger partial charge is 0.347 e. The number of fused-ring (bicyclic) bond motifs is 1. The van der Waals surface area contributed by atoms with Crippen molar-refractivity contribution in [1.82, 2.24) is 0 Å². The third-order valence-electron chi connectivity index (χ3n) is 2.47. The summed E-state index contributed by atoms with van der Waals surface area (Å²) in [5.74, 6) is 0.550. The van der Waals surface area contributed by atoms with E-state index >= 15 is 0 Å². The summed E-state index contributed by atoms with van der Waals surface area (Å²) in [5.41, 5.74) is 1.16. The average Bonchev–Trinajstić information content (AvgIpc) is 2.29. The van der Waals surface area contributed by atoms with Gasteiger partial charge < -0.3 is 9.47 Å². The van der Waals surface area contributed by atoms with E-state index in [1.54, 1.807) is 6.92 Å². The molecule has 0 saturated carbocycles. The highest BCUT2D eigenvalue weighted by atomic mass is 16.6. The number of para-hydroxylation sites is 1. The zero-order chi connectivity index (χ0) is 10.7. The first kappa shape index (κ1) is 10.0. The van der Waals surface area contributed by atoms with Crippen LogP contribution in [-0.4, -0.2) is 18.7 Å². The molecule has 15 heavy (non-hydrogen) atoms. The second-order valence-corrected chi connectivity index (χ2v) is 3.50. The number of benzene rings is 1. The number of rotatable bonds is 2. The normalized spacial score (nSPS) is 18.9.